The number of nitrogens with two attached hydrogens (primary N) is 1. The third kappa shape index (κ3) is 1.26. The van der Waals surface area contributed by atoms with E-state index >= 15 is 0 Å². The van der Waals surface area contributed by atoms with Gasteiger partial charge in [-0.2, -0.15) is 0 Å². The molecule has 16 heavy (non-hydrogen) atoms. The smallest absolute Gasteiger partial charge is 0.0862 e. The molecule has 80 valence electrons. The van der Waals surface area contributed by atoms with Crippen LogP contribution in [-0.4, -0.2) is 4.21 Å². The second kappa shape index (κ2) is 3.43. The Bertz CT molecular complexity index is 624. The molecule has 0 spiro atoms. The first-order valence-corrected chi connectivity index (χ1v) is 6.73. The molecule has 4 heteroatoms. The average Bonchev–Trinajstić information content (AvgIpc) is 2.55. The summed E-state index contributed by atoms with van der Waals surface area (Å²) >= 11 is 3.36. The fourth-order valence-electron chi connectivity index (χ4n) is 1.90. The van der Waals surface area contributed by atoms with E-state index in [0.29, 0.717) is 5.69 Å². The molecule has 1 atom stereocenters. The summed E-state index contributed by atoms with van der Waals surface area (Å²) in [6.07, 6.45) is 0. The van der Waals surface area contributed by atoms with Crippen molar-refractivity contribution >= 4 is 32.4 Å². The van der Waals surface area contributed by atoms with Crippen LogP contribution in [0.15, 0.2) is 50.7 Å². The van der Waals surface area contributed by atoms with Crippen LogP contribution in [0.5, 0.6) is 0 Å². The van der Waals surface area contributed by atoms with E-state index in [9.17, 15) is 4.21 Å². The summed E-state index contributed by atoms with van der Waals surface area (Å²) in [7, 11) is -1.08. The number of hydrogen-bond donors (Lipinski definition) is 1. The Labute approximate surface area is 104 Å². The quantitative estimate of drug-likeness (QED) is 0.647. The third-order valence-corrected chi connectivity index (χ3v) is 4.86. The van der Waals surface area contributed by atoms with E-state index in [-0.39, 0.29) is 0 Å². The van der Waals surface area contributed by atoms with Crippen LogP contribution < -0.4 is 5.73 Å². The van der Waals surface area contributed by atoms with Crippen molar-refractivity contribution in [3.63, 3.8) is 0 Å². The highest BCUT2D eigenvalue weighted by Gasteiger charge is 2.25. The molecule has 1 unspecified atom stereocenters. The van der Waals surface area contributed by atoms with Crippen LogP contribution >= 0.6 is 15.9 Å². The highest BCUT2D eigenvalue weighted by atomic mass is 79.9. The van der Waals surface area contributed by atoms with Crippen molar-refractivity contribution in [1.29, 1.82) is 0 Å². The first-order valence-electron chi connectivity index (χ1n) is 4.78. The van der Waals surface area contributed by atoms with Gasteiger partial charge < -0.3 is 5.73 Å². The summed E-state index contributed by atoms with van der Waals surface area (Å²) in [5, 5.41) is 0. The summed E-state index contributed by atoms with van der Waals surface area (Å²) < 4.78 is 13.0. The standard InChI is InChI=1S/C12H8BrNOS/c13-9-6-12-8(5-10(9)14)7-3-1-2-4-11(7)16(12)15/h1-6H,14H2. The van der Waals surface area contributed by atoms with E-state index in [2.05, 4.69) is 15.9 Å². The van der Waals surface area contributed by atoms with Gasteiger partial charge in [-0.25, -0.2) is 4.21 Å². The molecule has 1 heterocycles. The van der Waals surface area contributed by atoms with Gasteiger partial charge in [0.05, 0.1) is 20.6 Å². The number of rotatable bonds is 0. The zero-order chi connectivity index (χ0) is 11.3. The van der Waals surface area contributed by atoms with Gasteiger partial charge >= 0.3 is 0 Å². The molecular weight excluding hydrogens is 286 g/mol. The van der Waals surface area contributed by atoms with Crippen LogP contribution in [-0.2, 0) is 10.8 Å². The van der Waals surface area contributed by atoms with Crippen molar-refractivity contribution in [3.8, 4) is 11.1 Å². The summed E-state index contributed by atoms with van der Waals surface area (Å²) in [6.45, 7) is 0. The van der Waals surface area contributed by atoms with Gasteiger partial charge in [0.15, 0.2) is 0 Å². The Morgan fingerprint density at radius 3 is 2.62 bits per heavy atom. The van der Waals surface area contributed by atoms with E-state index in [1.807, 2.05) is 36.4 Å². The van der Waals surface area contributed by atoms with Crippen molar-refractivity contribution in [3.05, 3.63) is 40.9 Å². The van der Waals surface area contributed by atoms with E-state index in [4.69, 9.17) is 5.73 Å². The number of fused-ring (bicyclic) bond motifs is 3. The largest absolute Gasteiger partial charge is 0.398 e. The lowest BCUT2D eigenvalue weighted by molar-refractivity contribution is 0.685. The molecule has 0 aromatic heterocycles. The fourth-order valence-corrected chi connectivity index (χ4v) is 3.81. The van der Waals surface area contributed by atoms with E-state index in [0.717, 1.165) is 25.4 Å². The van der Waals surface area contributed by atoms with Gasteiger partial charge in [0.2, 0.25) is 0 Å². The van der Waals surface area contributed by atoms with Crippen LogP contribution in [0.1, 0.15) is 0 Å². The van der Waals surface area contributed by atoms with Gasteiger partial charge in [0, 0.05) is 15.7 Å². The van der Waals surface area contributed by atoms with E-state index < -0.39 is 10.8 Å². The number of benzene rings is 2. The van der Waals surface area contributed by atoms with Gasteiger partial charge in [-0.1, -0.05) is 18.2 Å². The first kappa shape index (κ1) is 10.1. The molecule has 0 bridgehead atoms. The van der Waals surface area contributed by atoms with Crippen LogP contribution in [0.3, 0.4) is 0 Å². The third-order valence-electron chi connectivity index (χ3n) is 2.68. The molecule has 0 saturated heterocycles. The van der Waals surface area contributed by atoms with Crippen LogP contribution in [0.25, 0.3) is 11.1 Å². The van der Waals surface area contributed by atoms with Gasteiger partial charge in [-0.05, 0) is 39.7 Å². The van der Waals surface area contributed by atoms with Crippen LogP contribution in [0.2, 0.25) is 0 Å². The van der Waals surface area contributed by atoms with Gasteiger partial charge in [0.25, 0.3) is 0 Å². The topological polar surface area (TPSA) is 43.1 Å². The molecule has 0 fully saturated rings. The molecular formula is C12H8BrNOS. The number of hydrogen-bond acceptors (Lipinski definition) is 2. The second-order valence-electron chi connectivity index (χ2n) is 3.63. The highest BCUT2D eigenvalue weighted by molar-refractivity contribution is 9.10. The first-order chi connectivity index (χ1) is 7.68. The lowest BCUT2D eigenvalue weighted by Crippen LogP contribution is -1.90. The summed E-state index contributed by atoms with van der Waals surface area (Å²) in [5.74, 6) is 0. The normalized spacial score (nSPS) is 16.9. The fraction of sp³-hybridized carbons (Fsp3) is 0. The zero-order valence-electron chi connectivity index (χ0n) is 8.24. The molecule has 0 saturated carbocycles. The summed E-state index contributed by atoms with van der Waals surface area (Å²) in [6, 6.07) is 11.5. The number of anilines is 1. The van der Waals surface area contributed by atoms with Crippen molar-refractivity contribution in [2.45, 2.75) is 9.79 Å². The maximum atomic E-state index is 12.2. The maximum absolute atomic E-state index is 12.2. The number of halogens is 1. The lowest BCUT2D eigenvalue weighted by atomic mass is 10.1. The summed E-state index contributed by atoms with van der Waals surface area (Å²) in [5.41, 5.74) is 8.53. The molecule has 0 amide bonds. The molecule has 0 radical (unpaired) electrons. The highest BCUT2D eigenvalue weighted by Crippen LogP contribution is 2.43. The predicted molar refractivity (Wildman–Crippen MR) is 68.7 cm³/mol. The van der Waals surface area contributed by atoms with Crippen molar-refractivity contribution in [1.82, 2.24) is 0 Å². The lowest BCUT2D eigenvalue weighted by Gasteiger charge is -2.02. The van der Waals surface area contributed by atoms with Crippen molar-refractivity contribution in [2.75, 3.05) is 5.73 Å². The monoisotopic (exact) mass is 293 g/mol. The Kier molecular flexibility index (Phi) is 2.16. The zero-order valence-corrected chi connectivity index (χ0v) is 10.6. The van der Waals surface area contributed by atoms with E-state index in [1.165, 1.54) is 0 Å². The minimum Gasteiger partial charge on any atom is -0.398 e. The maximum Gasteiger partial charge on any atom is 0.0862 e. The number of nitrogen functional groups attached to an aromatic ring is 1. The molecule has 2 nitrogen and oxygen atoms in total. The molecule has 0 aliphatic carbocycles. The SMILES string of the molecule is Nc1cc2c(cc1Br)S(=O)c1ccccc1-2. The molecule has 1 aliphatic rings. The van der Waals surface area contributed by atoms with Crippen molar-refractivity contribution in [2.24, 2.45) is 0 Å². The molecule has 2 aromatic rings. The van der Waals surface area contributed by atoms with Crippen LogP contribution in [0.4, 0.5) is 5.69 Å². The minimum absolute atomic E-state index is 0.674. The van der Waals surface area contributed by atoms with Crippen LogP contribution in [0, 0.1) is 0 Å². The Morgan fingerprint density at radius 2 is 1.81 bits per heavy atom. The van der Waals surface area contributed by atoms with E-state index in [1.54, 1.807) is 0 Å². The predicted octanol–water partition coefficient (Wildman–Crippen LogP) is 3.18. The Balaban J connectivity index is 2.38. The molecule has 2 N–H and O–H groups in total. The van der Waals surface area contributed by atoms with Gasteiger partial charge in [0.1, 0.15) is 0 Å². The van der Waals surface area contributed by atoms with Gasteiger partial charge in [-0.15, -0.1) is 0 Å². The molecule has 1 aliphatic heterocycles. The second-order valence-corrected chi connectivity index (χ2v) is 5.91. The van der Waals surface area contributed by atoms with Gasteiger partial charge in [-0.3, -0.25) is 0 Å². The minimum atomic E-state index is -1.08. The molecule has 3 rings (SSSR count). The Morgan fingerprint density at radius 1 is 1.06 bits per heavy atom. The summed E-state index contributed by atoms with van der Waals surface area (Å²) in [4.78, 5) is 1.71. The Hall–Kier alpha value is -1.13. The average molecular weight is 294 g/mol. The molecule has 2 aromatic carbocycles. The van der Waals surface area contributed by atoms with Crippen molar-refractivity contribution < 1.29 is 4.21 Å².